The first kappa shape index (κ1) is 49.7. The lowest BCUT2D eigenvalue weighted by Crippen LogP contribution is -3.11. The van der Waals surface area contributed by atoms with Gasteiger partial charge < -0.3 is 14.8 Å². The fourth-order valence-electron chi connectivity index (χ4n) is 6.84. The zero-order valence-electron chi connectivity index (χ0n) is 33.9. The van der Waals surface area contributed by atoms with Gasteiger partial charge in [0.25, 0.3) is 0 Å². The number of hydrogen-bond donors (Lipinski definition) is 2. The number of carbonyl (C=O) groups is 1. The highest BCUT2D eigenvalue weighted by Gasteiger charge is 2.32. The summed E-state index contributed by atoms with van der Waals surface area (Å²) in [5.74, 6) is 0.251. The van der Waals surface area contributed by atoms with E-state index >= 15 is 0 Å². The van der Waals surface area contributed by atoms with Crippen LogP contribution in [0.4, 0.5) is 0 Å². The number of nitrogens with one attached hydrogen (secondary N) is 2. The second kappa shape index (κ2) is 37.1. The Labute approximate surface area is 317 Å². The summed E-state index contributed by atoms with van der Waals surface area (Å²) in [6, 6.07) is 0. The molecule has 0 radical (unpaired) electrons. The number of rotatable bonds is 34. The van der Waals surface area contributed by atoms with Crippen LogP contribution in [-0.4, -0.2) is 70.3 Å². The van der Waals surface area contributed by atoms with E-state index in [4.69, 9.17) is 0 Å². The molecule has 302 valence electrons. The van der Waals surface area contributed by atoms with Gasteiger partial charge in [-0.25, -0.2) is 13.3 Å². The van der Waals surface area contributed by atoms with E-state index in [0.717, 1.165) is 26.6 Å². The first-order valence-corrected chi connectivity index (χ1v) is 22.7. The highest BCUT2D eigenvalue weighted by atomic mass is 32.3. The lowest BCUT2D eigenvalue weighted by Gasteiger charge is -2.25. The van der Waals surface area contributed by atoms with Crippen molar-refractivity contribution in [2.45, 2.75) is 200 Å². The van der Waals surface area contributed by atoms with Gasteiger partial charge in [0, 0.05) is 25.9 Å². The molecule has 0 aromatic carbocycles. The molecule has 0 aliphatic carbocycles. The van der Waals surface area contributed by atoms with Crippen LogP contribution in [-0.2, 0) is 19.4 Å². The summed E-state index contributed by atoms with van der Waals surface area (Å²) >= 11 is 0. The molecule has 1 aliphatic rings. The molecule has 0 aromatic rings. The van der Waals surface area contributed by atoms with Crippen LogP contribution in [0.1, 0.15) is 194 Å². The van der Waals surface area contributed by atoms with Crippen molar-refractivity contribution in [3.8, 4) is 0 Å². The fourth-order valence-corrected chi connectivity index (χ4v) is 6.84. The van der Waals surface area contributed by atoms with Gasteiger partial charge in [0.2, 0.25) is 16.3 Å². The van der Waals surface area contributed by atoms with Crippen LogP contribution in [0.3, 0.4) is 0 Å². The van der Waals surface area contributed by atoms with Gasteiger partial charge in [0.1, 0.15) is 6.17 Å². The van der Waals surface area contributed by atoms with Crippen molar-refractivity contribution in [1.29, 1.82) is 0 Å². The van der Waals surface area contributed by atoms with Crippen LogP contribution in [0.5, 0.6) is 0 Å². The van der Waals surface area contributed by atoms with Crippen LogP contribution in [0.15, 0.2) is 24.3 Å². The molecular formula is C42H83N3O5S. The van der Waals surface area contributed by atoms with Gasteiger partial charge in [0.15, 0.2) is 0 Å². The molecule has 1 saturated heterocycles. The Morgan fingerprint density at radius 3 is 1.53 bits per heavy atom. The van der Waals surface area contributed by atoms with Gasteiger partial charge >= 0.3 is 0 Å². The molecule has 9 heteroatoms. The summed E-state index contributed by atoms with van der Waals surface area (Å²) in [6.07, 6.45) is 46.9. The standard InChI is InChI=1S/C41H79N3O.CH4O4S/c1-4-6-8-10-12-14-16-18-20-22-24-26-28-30-32-34-40(45)42-36-37-44-39-38-43(3)41(44)35-33-31-29-27-25-23-21-19-17-15-13-11-9-7-5-2;1-5-6(2,3)4/h18-21,41H,4-17,22-39H2,1-3H3,(H,42,45);1H3,(H,2,3,4). The van der Waals surface area contributed by atoms with E-state index < -0.39 is 10.4 Å². The molecule has 1 amide bonds. The van der Waals surface area contributed by atoms with Gasteiger partial charge in [-0.1, -0.05) is 141 Å². The average Bonchev–Trinajstić information content (AvgIpc) is 3.46. The fraction of sp³-hybridized carbons (Fsp3) is 0.881. The third kappa shape index (κ3) is 35.5. The van der Waals surface area contributed by atoms with E-state index in [1.807, 2.05) is 0 Å². The molecule has 1 rings (SSSR count). The molecule has 2 N–H and O–H groups in total. The number of likely N-dealkylation sites (N-methyl/N-ethyl adjacent to an activating group) is 1. The van der Waals surface area contributed by atoms with Crippen LogP contribution < -0.4 is 10.2 Å². The van der Waals surface area contributed by atoms with Crippen LogP contribution >= 0.6 is 0 Å². The van der Waals surface area contributed by atoms with E-state index in [9.17, 15) is 17.8 Å². The third-order valence-corrected chi connectivity index (χ3v) is 10.5. The first-order valence-electron chi connectivity index (χ1n) is 21.4. The Morgan fingerprint density at radius 1 is 0.706 bits per heavy atom. The first-order chi connectivity index (χ1) is 24.7. The minimum Gasteiger partial charge on any atom is -0.726 e. The Balaban J connectivity index is 0.00000381. The van der Waals surface area contributed by atoms with Gasteiger partial charge in [-0.3, -0.25) is 8.98 Å². The topological polar surface area (TPSA) is 103 Å². The molecule has 1 aliphatic heterocycles. The lowest BCUT2D eigenvalue weighted by molar-refractivity contribution is -0.898. The molecule has 0 spiro atoms. The molecule has 51 heavy (non-hydrogen) atoms. The largest absolute Gasteiger partial charge is 0.726 e. The van der Waals surface area contributed by atoms with E-state index in [-0.39, 0.29) is 5.91 Å². The molecular weight excluding hydrogens is 659 g/mol. The molecule has 2 unspecified atom stereocenters. The predicted octanol–water partition coefficient (Wildman–Crippen LogP) is 9.43. The second-order valence-electron chi connectivity index (χ2n) is 14.8. The normalized spacial score (nSPS) is 16.6. The molecule has 0 aromatic heterocycles. The lowest BCUT2D eigenvalue weighted by atomic mass is 10.1. The molecule has 2 atom stereocenters. The molecule has 1 heterocycles. The van der Waals surface area contributed by atoms with Crippen molar-refractivity contribution >= 4 is 16.3 Å². The number of unbranched alkanes of at least 4 members (excludes halogenated alkanes) is 22. The van der Waals surface area contributed by atoms with Crippen molar-refractivity contribution in [2.24, 2.45) is 0 Å². The predicted molar refractivity (Wildman–Crippen MR) is 216 cm³/mol. The number of hydrogen-bond acceptors (Lipinski definition) is 6. The van der Waals surface area contributed by atoms with Gasteiger partial charge in [-0.2, -0.15) is 0 Å². The molecule has 1 fully saturated rings. The second-order valence-corrected chi connectivity index (χ2v) is 15.9. The zero-order valence-corrected chi connectivity index (χ0v) is 34.7. The summed E-state index contributed by atoms with van der Waals surface area (Å²) < 4.78 is 31.0. The maximum absolute atomic E-state index is 12.4. The number of carbonyl (C=O) groups excluding carboxylic acids is 1. The van der Waals surface area contributed by atoms with Crippen molar-refractivity contribution in [3.05, 3.63) is 24.3 Å². The van der Waals surface area contributed by atoms with Gasteiger partial charge in [0.05, 0.1) is 27.2 Å². The summed E-state index contributed by atoms with van der Waals surface area (Å²) in [5, 5.41) is 3.21. The van der Waals surface area contributed by atoms with Crippen LogP contribution in [0.25, 0.3) is 0 Å². The van der Waals surface area contributed by atoms with E-state index in [1.165, 1.54) is 180 Å². The number of nitrogens with zero attached hydrogens (tertiary/aromatic N) is 1. The maximum Gasteiger partial charge on any atom is 0.220 e. The molecule has 8 nitrogen and oxygen atoms in total. The summed E-state index contributed by atoms with van der Waals surface area (Å²) in [7, 11) is -1.25. The quantitative estimate of drug-likeness (QED) is 0.0295. The highest BCUT2D eigenvalue weighted by molar-refractivity contribution is 7.80. The highest BCUT2D eigenvalue weighted by Crippen LogP contribution is 2.13. The zero-order chi connectivity index (χ0) is 37.7. The molecule has 0 saturated carbocycles. The summed E-state index contributed by atoms with van der Waals surface area (Å²) in [6.45, 7) is 8.79. The van der Waals surface area contributed by atoms with Crippen molar-refractivity contribution in [1.82, 2.24) is 10.2 Å². The minimum atomic E-state index is -4.41. The van der Waals surface area contributed by atoms with Crippen molar-refractivity contribution in [3.63, 3.8) is 0 Å². The maximum atomic E-state index is 12.4. The van der Waals surface area contributed by atoms with Crippen LogP contribution in [0, 0.1) is 0 Å². The van der Waals surface area contributed by atoms with E-state index in [2.05, 4.69) is 59.6 Å². The minimum absolute atomic E-state index is 0.251. The Hall–Kier alpha value is -1.26. The average molecular weight is 742 g/mol. The van der Waals surface area contributed by atoms with Gasteiger partial charge in [-0.05, 0) is 64.2 Å². The number of quaternary nitrogens is 1. The summed E-state index contributed by atoms with van der Waals surface area (Å²) in [4.78, 5) is 16.7. The van der Waals surface area contributed by atoms with Crippen molar-refractivity contribution < 1.29 is 26.8 Å². The van der Waals surface area contributed by atoms with Crippen molar-refractivity contribution in [2.75, 3.05) is 40.3 Å². The third-order valence-electron chi connectivity index (χ3n) is 10.1. The molecule has 0 bridgehead atoms. The number of allylic oxidation sites excluding steroid dienone is 4. The van der Waals surface area contributed by atoms with Gasteiger partial charge in [-0.15, -0.1) is 0 Å². The van der Waals surface area contributed by atoms with Crippen LogP contribution in [0.2, 0.25) is 0 Å². The SMILES string of the molecule is CCCCCCCCC=CCCCCCCCC(=O)NCCN1CC[NH+](C)C1CCCCCCCC=CCCCCCCCC.COS(=O)(=O)[O-]. The monoisotopic (exact) mass is 742 g/mol. The summed E-state index contributed by atoms with van der Waals surface area (Å²) in [5.41, 5.74) is 0. The van der Waals surface area contributed by atoms with E-state index in [1.54, 1.807) is 4.90 Å². The Morgan fingerprint density at radius 2 is 1.10 bits per heavy atom. The van der Waals surface area contributed by atoms with E-state index in [0.29, 0.717) is 12.6 Å². The number of amides is 1. The Bertz CT molecular complexity index is 927. The Kier molecular flexibility index (Phi) is 36.2. The smallest absolute Gasteiger partial charge is 0.220 e.